The minimum absolute atomic E-state index is 0.367. The molecule has 1 N–H and O–H groups in total. The number of benzene rings is 1. The van der Waals surface area contributed by atoms with Crippen molar-refractivity contribution >= 4 is 11.6 Å². The van der Waals surface area contributed by atoms with E-state index in [2.05, 4.69) is 29.4 Å². The van der Waals surface area contributed by atoms with Crippen molar-refractivity contribution in [2.24, 2.45) is 0 Å². The smallest absolute Gasteiger partial charge is 0.0712 e. The van der Waals surface area contributed by atoms with Crippen LogP contribution >= 0.6 is 11.6 Å². The first-order valence-electron chi connectivity index (χ1n) is 6.49. The second kappa shape index (κ2) is 7.10. The number of halogens is 1. The van der Waals surface area contributed by atoms with Crippen molar-refractivity contribution in [3.05, 3.63) is 34.9 Å². The highest BCUT2D eigenvalue weighted by molar-refractivity contribution is 6.30. The summed E-state index contributed by atoms with van der Waals surface area (Å²) in [6.45, 7) is 4.81. The molecule has 1 aromatic carbocycles. The first kappa shape index (κ1) is 13.8. The van der Waals surface area contributed by atoms with Gasteiger partial charge in [-0.05, 0) is 31.2 Å². The van der Waals surface area contributed by atoms with Crippen LogP contribution in [-0.2, 0) is 11.3 Å². The minimum atomic E-state index is 0.367. The zero-order chi connectivity index (χ0) is 12.8. The van der Waals surface area contributed by atoms with Crippen molar-refractivity contribution in [2.75, 3.05) is 33.3 Å². The average Bonchev–Trinajstić information content (AvgIpc) is 2.40. The number of morpholine rings is 1. The molecule has 1 fully saturated rings. The molecule has 100 valence electrons. The number of hydrogen-bond donors (Lipinski definition) is 1. The number of nitrogens with one attached hydrogen (secondary N) is 1. The zero-order valence-corrected chi connectivity index (χ0v) is 11.6. The molecular weight excluding hydrogens is 248 g/mol. The van der Waals surface area contributed by atoms with Crippen molar-refractivity contribution in [1.29, 1.82) is 0 Å². The summed E-state index contributed by atoms with van der Waals surface area (Å²) < 4.78 is 5.69. The van der Waals surface area contributed by atoms with Gasteiger partial charge in [0, 0.05) is 31.2 Å². The molecule has 3 nitrogen and oxygen atoms in total. The summed E-state index contributed by atoms with van der Waals surface area (Å²) in [5.74, 6) is 0. The Kier molecular flexibility index (Phi) is 5.45. The molecule has 1 atom stereocenters. The van der Waals surface area contributed by atoms with Crippen molar-refractivity contribution in [3.8, 4) is 0 Å². The van der Waals surface area contributed by atoms with Crippen molar-refractivity contribution in [3.63, 3.8) is 0 Å². The maximum absolute atomic E-state index is 5.87. The van der Waals surface area contributed by atoms with Crippen LogP contribution in [0.1, 0.15) is 12.0 Å². The van der Waals surface area contributed by atoms with E-state index in [1.807, 2.05) is 12.1 Å². The fraction of sp³-hybridized carbons (Fsp3) is 0.571. The summed E-state index contributed by atoms with van der Waals surface area (Å²) in [6.07, 6.45) is 1.45. The molecule has 0 aliphatic carbocycles. The number of hydrogen-bond acceptors (Lipinski definition) is 3. The van der Waals surface area contributed by atoms with E-state index in [4.69, 9.17) is 16.3 Å². The molecule has 0 saturated carbocycles. The topological polar surface area (TPSA) is 24.5 Å². The van der Waals surface area contributed by atoms with Crippen LogP contribution < -0.4 is 5.32 Å². The molecule has 0 spiro atoms. The van der Waals surface area contributed by atoms with Gasteiger partial charge in [-0.2, -0.15) is 0 Å². The van der Waals surface area contributed by atoms with Gasteiger partial charge in [0.2, 0.25) is 0 Å². The summed E-state index contributed by atoms with van der Waals surface area (Å²) >= 11 is 5.87. The van der Waals surface area contributed by atoms with Crippen LogP contribution in [0.4, 0.5) is 0 Å². The molecule has 0 amide bonds. The molecule has 0 aromatic heterocycles. The van der Waals surface area contributed by atoms with Gasteiger partial charge in [0.05, 0.1) is 12.7 Å². The summed E-state index contributed by atoms with van der Waals surface area (Å²) in [7, 11) is 2.14. The van der Waals surface area contributed by atoms with Crippen LogP contribution in [0.5, 0.6) is 0 Å². The highest BCUT2D eigenvalue weighted by atomic mass is 35.5. The van der Waals surface area contributed by atoms with Gasteiger partial charge in [0.15, 0.2) is 0 Å². The van der Waals surface area contributed by atoms with Gasteiger partial charge < -0.3 is 15.0 Å². The quantitative estimate of drug-likeness (QED) is 0.886. The van der Waals surface area contributed by atoms with Crippen molar-refractivity contribution in [2.45, 2.75) is 19.1 Å². The molecule has 1 aliphatic rings. The van der Waals surface area contributed by atoms with E-state index >= 15 is 0 Å². The number of rotatable bonds is 5. The fourth-order valence-electron chi connectivity index (χ4n) is 2.15. The first-order valence-corrected chi connectivity index (χ1v) is 6.87. The highest BCUT2D eigenvalue weighted by Gasteiger charge is 2.13. The Bertz CT molecular complexity index is 349. The second-order valence-corrected chi connectivity index (χ2v) is 5.29. The van der Waals surface area contributed by atoms with Gasteiger partial charge in [0.1, 0.15) is 0 Å². The lowest BCUT2D eigenvalue weighted by atomic mass is 10.2. The Hall–Kier alpha value is -0.610. The first-order chi connectivity index (χ1) is 8.74. The van der Waals surface area contributed by atoms with E-state index in [9.17, 15) is 0 Å². The van der Waals surface area contributed by atoms with Gasteiger partial charge >= 0.3 is 0 Å². The van der Waals surface area contributed by atoms with Gasteiger partial charge in [-0.15, -0.1) is 0 Å². The standard InChI is InChI=1S/C14H21ClN2O/c1-17(8-6-14-10-16-7-9-18-14)11-12-2-4-13(15)5-3-12/h2-5,14,16H,6-11H2,1H3. The molecule has 18 heavy (non-hydrogen) atoms. The minimum Gasteiger partial charge on any atom is -0.376 e. The van der Waals surface area contributed by atoms with Gasteiger partial charge in [-0.25, -0.2) is 0 Å². The van der Waals surface area contributed by atoms with E-state index in [1.54, 1.807) is 0 Å². The van der Waals surface area contributed by atoms with Gasteiger partial charge in [0.25, 0.3) is 0 Å². The van der Waals surface area contributed by atoms with E-state index < -0.39 is 0 Å². The maximum atomic E-state index is 5.87. The summed E-state index contributed by atoms with van der Waals surface area (Å²) in [6, 6.07) is 8.05. The lowest BCUT2D eigenvalue weighted by molar-refractivity contribution is 0.0184. The molecule has 1 aliphatic heterocycles. The van der Waals surface area contributed by atoms with Crippen LogP contribution in [0, 0.1) is 0 Å². The van der Waals surface area contributed by atoms with E-state index in [0.717, 1.165) is 44.2 Å². The Balaban J connectivity index is 1.71. The summed E-state index contributed by atoms with van der Waals surface area (Å²) in [4.78, 5) is 2.32. The molecule has 0 bridgehead atoms. The Morgan fingerprint density at radius 3 is 2.83 bits per heavy atom. The molecule has 1 saturated heterocycles. The number of ether oxygens (including phenoxy) is 1. The van der Waals surface area contributed by atoms with Gasteiger partial charge in [-0.3, -0.25) is 0 Å². The van der Waals surface area contributed by atoms with E-state index in [1.165, 1.54) is 5.56 Å². The maximum Gasteiger partial charge on any atom is 0.0712 e. The molecule has 1 heterocycles. The lowest BCUT2D eigenvalue weighted by Gasteiger charge is -2.26. The average molecular weight is 269 g/mol. The third-order valence-electron chi connectivity index (χ3n) is 3.20. The van der Waals surface area contributed by atoms with Crippen molar-refractivity contribution < 1.29 is 4.74 Å². The van der Waals surface area contributed by atoms with E-state index in [-0.39, 0.29) is 0 Å². The fourth-order valence-corrected chi connectivity index (χ4v) is 2.28. The predicted molar refractivity (Wildman–Crippen MR) is 75.0 cm³/mol. The highest BCUT2D eigenvalue weighted by Crippen LogP contribution is 2.11. The van der Waals surface area contributed by atoms with Gasteiger partial charge in [-0.1, -0.05) is 23.7 Å². The van der Waals surface area contributed by atoms with Crippen LogP contribution in [-0.4, -0.2) is 44.3 Å². The normalized spacial score (nSPS) is 20.3. The van der Waals surface area contributed by atoms with Crippen LogP contribution in [0.25, 0.3) is 0 Å². The lowest BCUT2D eigenvalue weighted by Crippen LogP contribution is -2.40. The largest absolute Gasteiger partial charge is 0.376 e. The van der Waals surface area contributed by atoms with Crippen LogP contribution in [0.3, 0.4) is 0 Å². The number of nitrogens with zero attached hydrogens (tertiary/aromatic N) is 1. The SMILES string of the molecule is CN(CCC1CNCCO1)Cc1ccc(Cl)cc1. The molecule has 4 heteroatoms. The Morgan fingerprint density at radius 2 is 2.17 bits per heavy atom. The molecular formula is C14H21ClN2O. The monoisotopic (exact) mass is 268 g/mol. The Labute approximate surface area is 114 Å². The third-order valence-corrected chi connectivity index (χ3v) is 3.45. The molecule has 1 aromatic rings. The van der Waals surface area contributed by atoms with Crippen LogP contribution in [0.2, 0.25) is 5.02 Å². The Morgan fingerprint density at radius 1 is 1.39 bits per heavy atom. The zero-order valence-electron chi connectivity index (χ0n) is 10.9. The predicted octanol–water partition coefficient (Wildman–Crippen LogP) is 2.15. The third kappa shape index (κ3) is 4.58. The van der Waals surface area contributed by atoms with E-state index in [0.29, 0.717) is 6.10 Å². The molecule has 2 rings (SSSR count). The summed E-state index contributed by atoms with van der Waals surface area (Å²) in [5, 5.41) is 4.15. The van der Waals surface area contributed by atoms with Crippen molar-refractivity contribution in [1.82, 2.24) is 10.2 Å². The van der Waals surface area contributed by atoms with Crippen LogP contribution in [0.15, 0.2) is 24.3 Å². The second-order valence-electron chi connectivity index (χ2n) is 4.85. The molecule has 1 unspecified atom stereocenters. The summed E-state index contributed by atoms with van der Waals surface area (Å²) in [5.41, 5.74) is 1.30. The molecule has 0 radical (unpaired) electrons.